The van der Waals surface area contributed by atoms with E-state index >= 15 is 0 Å². The van der Waals surface area contributed by atoms with Gasteiger partial charge in [0.15, 0.2) is 11.5 Å². The van der Waals surface area contributed by atoms with Crippen LogP contribution in [0.5, 0.6) is 11.5 Å². The summed E-state index contributed by atoms with van der Waals surface area (Å²) in [5.41, 5.74) is 1.31. The number of benzene rings is 1. The van der Waals surface area contributed by atoms with Crippen molar-refractivity contribution in [1.82, 2.24) is 4.57 Å². The first-order valence-electron chi connectivity index (χ1n) is 7.31. The van der Waals surface area contributed by atoms with Gasteiger partial charge in [-0.2, -0.15) is 0 Å². The zero-order valence-electron chi connectivity index (χ0n) is 13.1. The number of rotatable bonds is 2. The number of hydrogen-bond donors (Lipinski definition) is 0. The van der Waals surface area contributed by atoms with Crippen molar-refractivity contribution in [2.24, 2.45) is 7.05 Å². The molecule has 116 valence electrons. The molecule has 23 heavy (non-hydrogen) atoms. The molecule has 0 spiro atoms. The van der Waals surface area contributed by atoms with Crippen molar-refractivity contribution in [2.75, 3.05) is 14.2 Å². The second kappa shape index (κ2) is 4.59. The molecule has 0 saturated heterocycles. The lowest BCUT2D eigenvalue weighted by Crippen LogP contribution is -2.30. The van der Waals surface area contributed by atoms with Gasteiger partial charge in [0.05, 0.1) is 25.1 Å². The molecular formula is C18H15NO4. The summed E-state index contributed by atoms with van der Waals surface area (Å²) in [4.78, 5) is 24.1. The normalized spacial score (nSPS) is 14.6. The molecule has 4 rings (SSSR count). The summed E-state index contributed by atoms with van der Waals surface area (Å²) in [5.74, 6) is 0.518. The number of carbonyl (C=O) groups excluding carboxylic acids is 2. The van der Waals surface area contributed by atoms with Gasteiger partial charge in [0, 0.05) is 29.6 Å². The largest absolute Gasteiger partial charge is 0.493 e. The minimum atomic E-state index is -0.401. The van der Waals surface area contributed by atoms with Crippen LogP contribution < -0.4 is 20.0 Å². The minimum Gasteiger partial charge on any atom is -0.493 e. The molecule has 2 aliphatic carbocycles. The van der Waals surface area contributed by atoms with Crippen LogP contribution in [0.15, 0.2) is 12.1 Å². The van der Waals surface area contributed by atoms with E-state index in [9.17, 15) is 9.59 Å². The maximum Gasteiger partial charge on any atom is 0.231 e. The first-order chi connectivity index (χ1) is 11.1. The van der Waals surface area contributed by atoms with Crippen LogP contribution in [0, 0.1) is 10.6 Å². The molecule has 2 aromatic rings. The topological polar surface area (TPSA) is 57.5 Å². The van der Waals surface area contributed by atoms with E-state index in [0.717, 1.165) is 26.7 Å². The molecular weight excluding hydrogens is 294 g/mol. The molecule has 0 bridgehead atoms. The van der Waals surface area contributed by atoms with E-state index in [2.05, 4.69) is 0 Å². The molecule has 0 fully saturated rings. The Morgan fingerprint density at radius 2 is 1.78 bits per heavy atom. The van der Waals surface area contributed by atoms with E-state index in [1.165, 1.54) is 0 Å². The van der Waals surface area contributed by atoms with E-state index in [0.29, 0.717) is 17.1 Å². The van der Waals surface area contributed by atoms with Gasteiger partial charge in [-0.1, -0.05) is 6.08 Å². The molecule has 2 aliphatic rings. The Balaban J connectivity index is 2.20. The summed E-state index contributed by atoms with van der Waals surface area (Å²) in [7, 11) is 5.10. The van der Waals surface area contributed by atoms with Gasteiger partial charge in [-0.05, 0) is 23.4 Å². The summed E-state index contributed by atoms with van der Waals surface area (Å²) < 4.78 is 12.7. The number of nitrogens with zero attached hydrogens (tertiary/aromatic N) is 1. The Labute approximate surface area is 131 Å². The molecule has 0 radical (unpaired) electrons. The van der Waals surface area contributed by atoms with Crippen LogP contribution in [-0.4, -0.2) is 30.4 Å². The minimum absolute atomic E-state index is 0.168. The first-order valence-corrected chi connectivity index (χ1v) is 7.31. The maximum absolute atomic E-state index is 12.3. The number of hydrogen-bond acceptors (Lipinski definition) is 4. The molecule has 1 aromatic heterocycles. The van der Waals surface area contributed by atoms with Crippen LogP contribution in [-0.2, 0) is 11.8 Å². The van der Waals surface area contributed by atoms with Gasteiger partial charge in [-0.25, -0.2) is 0 Å². The van der Waals surface area contributed by atoms with Gasteiger partial charge in [0.25, 0.3) is 0 Å². The lowest BCUT2D eigenvalue weighted by Gasteiger charge is -2.07. The number of Topliss-reactive ketones (excluding diaryl/α,β-unsaturated/α-hetero) is 2. The van der Waals surface area contributed by atoms with Crippen LogP contribution in [0.2, 0.25) is 0 Å². The Morgan fingerprint density at radius 3 is 2.48 bits per heavy atom. The van der Waals surface area contributed by atoms with Crippen molar-refractivity contribution in [3.63, 3.8) is 0 Å². The summed E-state index contributed by atoms with van der Waals surface area (Å²) in [6.45, 7) is 0. The van der Waals surface area contributed by atoms with E-state index in [1.54, 1.807) is 14.2 Å². The Kier molecular flexibility index (Phi) is 2.75. The van der Waals surface area contributed by atoms with Crippen molar-refractivity contribution in [3.8, 4) is 11.5 Å². The molecule has 0 amide bonds. The number of methoxy groups -OCH3 is 2. The lowest BCUT2D eigenvalue weighted by atomic mass is 9.98. The highest BCUT2D eigenvalue weighted by Gasteiger charge is 2.28. The lowest BCUT2D eigenvalue weighted by molar-refractivity contribution is -0.114. The number of aromatic nitrogens is 1. The predicted molar refractivity (Wildman–Crippen MR) is 83.9 cm³/mol. The van der Waals surface area contributed by atoms with Gasteiger partial charge in [0.2, 0.25) is 11.6 Å². The third-order valence-electron chi connectivity index (χ3n) is 4.55. The molecule has 0 atom stereocenters. The van der Waals surface area contributed by atoms with E-state index in [4.69, 9.17) is 9.47 Å². The van der Waals surface area contributed by atoms with Gasteiger partial charge >= 0.3 is 0 Å². The number of ether oxygens (including phenoxy) is 2. The number of fused-ring (bicyclic) bond motifs is 4. The molecule has 1 heterocycles. The average Bonchev–Trinajstić information content (AvgIpc) is 3.05. The quantitative estimate of drug-likeness (QED) is 0.643. The van der Waals surface area contributed by atoms with Crippen molar-refractivity contribution in [3.05, 3.63) is 44.4 Å². The zero-order valence-corrected chi connectivity index (χ0v) is 13.1. The molecule has 0 saturated carbocycles. The average molecular weight is 309 g/mol. The fourth-order valence-corrected chi connectivity index (χ4v) is 3.47. The second-order valence-corrected chi connectivity index (χ2v) is 5.68. The van der Waals surface area contributed by atoms with Crippen LogP contribution in [0.4, 0.5) is 0 Å². The Bertz CT molecular complexity index is 1110. The highest BCUT2D eigenvalue weighted by atomic mass is 16.5. The summed E-state index contributed by atoms with van der Waals surface area (Å²) in [6.07, 6.45) is 3.93. The highest BCUT2D eigenvalue weighted by Crippen LogP contribution is 2.27. The molecule has 1 aromatic carbocycles. The van der Waals surface area contributed by atoms with Crippen LogP contribution in [0.25, 0.3) is 12.2 Å². The van der Waals surface area contributed by atoms with Crippen molar-refractivity contribution < 1.29 is 19.1 Å². The summed E-state index contributed by atoms with van der Waals surface area (Å²) in [5, 5.41) is 3.68. The van der Waals surface area contributed by atoms with Gasteiger partial charge in [0.1, 0.15) is 0 Å². The summed E-state index contributed by atoms with van der Waals surface area (Å²) in [6, 6.07) is 3.80. The molecule has 5 heteroatoms. The fourth-order valence-electron chi connectivity index (χ4n) is 3.47. The van der Waals surface area contributed by atoms with Crippen molar-refractivity contribution >= 4 is 23.7 Å². The van der Waals surface area contributed by atoms with Crippen LogP contribution >= 0.6 is 0 Å². The molecule has 0 N–H and O–H groups in total. The number of ketones is 2. The third kappa shape index (κ3) is 1.67. The molecule has 0 unspecified atom stereocenters. The Morgan fingerprint density at radius 1 is 1.09 bits per heavy atom. The highest BCUT2D eigenvalue weighted by molar-refractivity contribution is 6.46. The summed E-state index contributed by atoms with van der Waals surface area (Å²) >= 11 is 0. The van der Waals surface area contributed by atoms with Crippen molar-refractivity contribution in [2.45, 2.75) is 6.42 Å². The SMILES string of the molecule is COc1cc2c(cc1OC)=c1c(c3c(n1C)=CCC(=O)C3=O)C=2. The van der Waals surface area contributed by atoms with Gasteiger partial charge in [-0.3, -0.25) is 9.59 Å². The fraction of sp³-hybridized carbons (Fsp3) is 0.222. The van der Waals surface area contributed by atoms with Crippen LogP contribution in [0.3, 0.4) is 0 Å². The standard InChI is InChI=1S/C18H15NO4/c1-19-12-4-5-13(20)18(21)16(12)11-6-9-7-14(22-2)15(23-3)8-10(9)17(11)19/h4,6-8H,5H2,1-3H3. The third-order valence-corrected chi connectivity index (χ3v) is 4.55. The van der Waals surface area contributed by atoms with E-state index in [-0.39, 0.29) is 12.2 Å². The monoisotopic (exact) mass is 309 g/mol. The Hall–Kier alpha value is -2.82. The van der Waals surface area contributed by atoms with Crippen LogP contribution in [0.1, 0.15) is 22.3 Å². The zero-order chi connectivity index (χ0) is 16.3. The van der Waals surface area contributed by atoms with Crippen molar-refractivity contribution in [1.29, 1.82) is 0 Å². The smallest absolute Gasteiger partial charge is 0.231 e. The maximum atomic E-state index is 12.3. The van der Waals surface area contributed by atoms with E-state index in [1.807, 2.05) is 35.9 Å². The first kappa shape index (κ1) is 13.8. The second-order valence-electron chi connectivity index (χ2n) is 5.68. The van der Waals surface area contributed by atoms with Gasteiger partial charge in [-0.15, -0.1) is 0 Å². The molecule has 0 aliphatic heterocycles. The van der Waals surface area contributed by atoms with Gasteiger partial charge < -0.3 is 14.0 Å². The van der Waals surface area contributed by atoms with E-state index < -0.39 is 5.78 Å². The predicted octanol–water partition coefficient (Wildman–Crippen LogP) is 0.407. The number of carbonyl (C=O) groups is 2. The molecule has 5 nitrogen and oxygen atoms in total.